The monoisotopic (exact) mass is 253 g/mol. The van der Waals surface area contributed by atoms with Crippen LogP contribution in [0.5, 0.6) is 0 Å². The number of nitrogens with zero attached hydrogens (tertiary/aromatic N) is 1. The Balaban J connectivity index is 2.24. The molecular weight excluding hydrogens is 241 g/mol. The van der Waals surface area contributed by atoms with E-state index in [4.69, 9.17) is 16.3 Å². The van der Waals surface area contributed by atoms with E-state index in [-0.39, 0.29) is 5.02 Å². The summed E-state index contributed by atoms with van der Waals surface area (Å²) in [5, 5.41) is 9.42. The van der Waals surface area contributed by atoms with Crippen LogP contribution in [0.3, 0.4) is 0 Å². The molecule has 2 rings (SSSR count). The van der Waals surface area contributed by atoms with Gasteiger partial charge in [-0.25, -0.2) is 4.39 Å². The van der Waals surface area contributed by atoms with Gasteiger partial charge in [-0.3, -0.25) is 0 Å². The van der Waals surface area contributed by atoms with Crippen molar-refractivity contribution in [2.24, 2.45) is 5.41 Å². The molecular formula is C13H13ClFNO. The summed E-state index contributed by atoms with van der Waals surface area (Å²) >= 11 is 5.74. The molecule has 4 heteroatoms. The summed E-state index contributed by atoms with van der Waals surface area (Å²) in [5.74, 6) is -0.407. The molecule has 0 spiro atoms. The van der Waals surface area contributed by atoms with Gasteiger partial charge in [-0.2, -0.15) is 5.26 Å². The zero-order valence-electron chi connectivity index (χ0n) is 9.38. The molecule has 2 nitrogen and oxygen atoms in total. The predicted molar refractivity (Wildman–Crippen MR) is 63.2 cm³/mol. The molecule has 1 aromatic carbocycles. The van der Waals surface area contributed by atoms with Crippen molar-refractivity contribution in [3.63, 3.8) is 0 Å². The van der Waals surface area contributed by atoms with Crippen LogP contribution in [0.25, 0.3) is 0 Å². The molecule has 0 unspecified atom stereocenters. The van der Waals surface area contributed by atoms with Crippen molar-refractivity contribution in [1.82, 2.24) is 0 Å². The fraction of sp³-hybridized carbons (Fsp3) is 0.462. The van der Waals surface area contributed by atoms with E-state index in [0.29, 0.717) is 38.0 Å². The summed E-state index contributed by atoms with van der Waals surface area (Å²) < 4.78 is 19.0. The third kappa shape index (κ3) is 2.59. The SMILES string of the molecule is N#CC1(Cc2cccc(Cl)c2F)CCOCC1. The first-order valence-electron chi connectivity index (χ1n) is 5.59. The lowest BCUT2D eigenvalue weighted by Gasteiger charge is -2.30. The van der Waals surface area contributed by atoms with Gasteiger partial charge in [0.2, 0.25) is 0 Å². The fourth-order valence-corrected chi connectivity index (χ4v) is 2.33. The number of hydrogen-bond acceptors (Lipinski definition) is 2. The summed E-state index contributed by atoms with van der Waals surface area (Å²) in [6.07, 6.45) is 1.70. The van der Waals surface area contributed by atoms with E-state index < -0.39 is 11.2 Å². The number of hydrogen-bond donors (Lipinski definition) is 0. The first kappa shape index (κ1) is 12.3. The minimum Gasteiger partial charge on any atom is -0.381 e. The molecule has 1 aliphatic heterocycles. The van der Waals surface area contributed by atoms with Crippen molar-refractivity contribution in [2.75, 3.05) is 13.2 Å². The van der Waals surface area contributed by atoms with Crippen molar-refractivity contribution in [3.05, 3.63) is 34.6 Å². The second kappa shape index (κ2) is 5.03. The maximum Gasteiger partial charge on any atom is 0.145 e. The fourth-order valence-electron chi connectivity index (χ4n) is 2.14. The molecule has 17 heavy (non-hydrogen) atoms. The van der Waals surface area contributed by atoms with Gasteiger partial charge in [0.1, 0.15) is 5.82 Å². The van der Waals surface area contributed by atoms with E-state index in [1.54, 1.807) is 12.1 Å². The molecule has 1 aliphatic rings. The molecule has 0 bridgehead atoms. The van der Waals surface area contributed by atoms with E-state index in [2.05, 4.69) is 6.07 Å². The molecule has 0 atom stereocenters. The van der Waals surface area contributed by atoms with Crippen molar-refractivity contribution in [1.29, 1.82) is 5.26 Å². The molecule has 1 heterocycles. The quantitative estimate of drug-likeness (QED) is 0.810. The maximum atomic E-state index is 13.8. The largest absolute Gasteiger partial charge is 0.381 e. The summed E-state index contributed by atoms with van der Waals surface area (Å²) in [7, 11) is 0. The normalized spacial score (nSPS) is 18.6. The van der Waals surface area contributed by atoms with Crippen LogP contribution >= 0.6 is 11.6 Å². The van der Waals surface area contributed by atoms with Gasteiger partial charge in [0, 0.05) is 13.2 Å². The van der Waals surface area contributed by atoms with Crippen LogP contribution in [0, 0.1) is 22.6 Å². The van der Waals surface area contributed by atoms with Crippen LogP contribution in [0.15, 0.2) is 18.2 Å². The first-order valence-corrected chi connectivity index (χ1v) is 5.97. The Hall–Kier alpha value is -1.11. The molecule has 90 valence electrons. The standard InChI is InChI=1S/C13H13ClFNO/c14-11-3-1-2-10(12(11)15)8-13(9-16)4-6-17-7-5-13/h1-3H,4-8H2. The van der Waals surface area contributed by atoms with Crippen LogP contribution < -0.4 is 0 Å². The predicted octanol–water partition coefficient (Wildman–Crippen LogP) is 3.34. The van der Waals surface area contributed by atoms with Gasteiger partial charge in [0.15, 0.2) is 0 Å². The number of benzene rings is 1. The Labute approximate surface area is 105 Å². The van der Waals surface area contributed by atoms with Crippen molar-refractivity contribution in [2.45, 2.75) is 19.3 Å². The van der Waals surface area contributed by atoms with Crippen LogP contribution in [0.4, 0.5) is 4.39 Å². The Kier molecular flexibility index (Phi) is 3.66. The molecule has 1 aromatic rings. The van der Waals surface area contributed by atoms with Gasteiger partial charge in [0.05, 0.1) is 16.5 Å². The molecule has 0 N–H and O–H groups in total. The highest BCUT2D eigenvalue weighted by Gasteiger charge is 2.33. The van der Waals surface area contributed by atoms with E-state index >= 15 is 0 Å². The number of halogens is 2. The van der Waals surface area contributed by atoms with Crippen molar-refractivity contribution < 1.29 is 9.13 Å². The van der Waals surface area contributed by atoms with Crippen LogP contribution in [-0.2, 0) is 11.2 Å². The summed E-state index contributed by atoms with van der Waals surface area (Å²) in [5.41, 5.74) is 0.00462. The number of nitriles is 1. The van der Waals surface area contributed by atoms with E-state index in [9.17, 15) is 9.65 Å². The molecule has 0 amide bonds. The topological polar surface area (TPSA) is 33.0 Å². The van der Waals surface area contributed by atoms with Gasteiger partial charge in [0.25, 0.3) is 0 Å². The summed E-state index contributed by atoms with van der Waals surface area (Å²) in [6.45, 7) is 1.13. The average Bonchev–Trinajstić information content (AvgIpc) is 2.36. The third-order valence-electron chi connectivity index (χ3n) is 3.25. The molecule has 1 saturated heterocycles. The van der Waals surface area contributed by atoms with Gasteiger partial charge >= 0.3 is 0 Å². The molecule has 0 aromatic heterocycles. The lowest BCUT2D eigenvalue weighted by atomic mass is 9.76. The molecule has 0 saturated carbocycles. The average molecular weight is 254 g/mol. The summed E-state index contributed by atoms with van der Waals surface area (Å²) in [6, 6.07) is 7.24. The van der Waals surface area contributed by atoms with E-state index in [1.165, 1.54) is 6.07 Å². The van der Waals surface area contributed by atoms with Gasteiger partial charge in [-0.15, -0.1) is 0 Å². The molecule has 1 fully saturated rings. The van der Waals surface area contributed by atoms with Crippen LogP contribution in [0.2, 0.25) is 5.02 Å². The van der Waals surface area contributed by atoms with Crippen LogP contribution in [0.1, 0.15) is 18.4 Å². The highest BCUT2D eigenvalue weighted by Crippen LogP contribution is 2.35. The maximum absolute atomic E-state index is 13.8. The minimum absolute atomic E-state index is 0.114. The second-order valence-electron chi connectivity index (χ2n) is 4.39. The van der Waals surface area contributed by atoms with Crippen molar-refractivity contribution >= 4 is 11.6 Å². The second-order valence-corrected chi connectivity index (χ2v) is 4.80. The minimum atomic E-state index is -0.510. The molecule has 0 radical (unpaired) electrons. The molecule has 0 aliphatic carbocycles. The zero-order valence-corrected chi connectivity index (χ0v) is 10.1. The first-order chi connectivity index (χ1) is 8.17. The highest BCUT2D eigenvalue weighted by molar-refractivity contribution is 6.30. The van der Waals surface area contributed by atoms with Crippen LogP contribution in [-0.4, -0.2) is 13.2 Å². The van der Waals surface area contributed by atoms with Gasteiger partial charge in [-0.05, 0) is 30.9 Å². The van der Waals surface area contributed by atoms with Gasteiger partial charge < -0.3 is 4.74 Å². The zero-order chi connectivity index (χ0) is 12.3. The highest BCUT2D eigenvalue weighted by atomic mass is 35.5. The number of rotatable bonds is 2. The van der Waals surface area contributed by atoms with Crippen molar-refractivity contribution in [3.8, 4) is 6.07 Å². The third-order valence-corrected chi connectivity index (χ3v) is 3.54. The van der Waals surface area contributed by atoms with E-state index in [0.717, 1.165) is 0 Å². The van der Waals surface area contributed by atoms with Gasteiger partial charge in [-0.1, -0.05) is 23.7 Å². The Morgan fingerprint density at radius 2 is 2.12 bits per heavy atom. The lowest BCUT2D eigenvalue weighted by Crippen LogP contribution is -2.30. The summed E-state index contributed by atoms with van der Waals surface area (Å²) in [4.78, 5) is 0. The Morgan fingerprint density at radius 3 is 2.76 bits per heavy atom. The van der Waals surface area contributed by atoms with E-state index in [1.807, 2.05) is 0 Å². The number of ether oxygens (including phenoxy) is 1. The Morgan fingerprint density at radius 1 is 1.41 bits per heavy atom. The Bertz CT molecular complexity index is 449. The smallest absolute Gasteiger partial charge is 0.145 e. The lowest BCUT2D eigenvalue weighted by molar-refractivity contribution is 0.0403.